The third-order valence-electron chi connectivity index (χ3n) is 6.85. The van der Waals surface area contributed by atoms with E-state index in [1.165, 1.54) is 5.52 Å². The Bertz CT molecular complexity index is 1360. The molecule has 3 aromatic carbocycles. The predicted molar refractivity (Wildman–Crippen MR) is 142 cm³/mol. The molecular formula is C27H28Cl2N4O. The molecule has 1 aromatic heterocycles. The van der Waals surface area contributed by atoms with Crippen LogP contribution in [0.25, 0.3) is 21.8 Å². The number of rotatable bonds is 6. The van der Waals surface area contributed by atoms with Crippen molar-refractivity contribution in [2.24, 2.45) is 5.73 Å². The number of carbonyl (C=O) groups excluding carboxylic acids is 1. The Morgan fingerprint density at radius 3 is 2.41 bits per heavy atom. The predicted octanol–water partition coefficient (Wildman–Crippen LogP) is 6.32. The van der Waals surface area contributed by atoms with Gasteiger partial charge in [0, 0.05) is 42.5 Å². The van der Waals surface area contributed by atoms with Crippen LogP contribution in [0.3, 0.4) is 0 Å². The molecule has 1 atom stereocenters. The quantitative estimate of drug-likeness (QED) is 0.341. The van der Waals surface area contributed by atoms with Gasteiger partial charge in [0.05, 0.1) is 32.9 Å². The third kappa shape index (κ3) is 4.02. The van der Waals surface area contributed by atoms with E-state index in [0.717, 1.165) is 61.0 Å². The highest BCUT2D eigenvalue weighted by Gasteiger charge is 2.28. The number of hydrogen-bond donors (Lipinski definition) is 1. The van der Waals surface area contributed by atoms with E-state index in [0.29, 0.717) is 15.6 Å². The number of aromatic nitrogens is 1. The lowest BCUT2D eigenvalue weighted by atomic mass is 10.1. The average Bonchev–Trinajstić information content (AvgIpc) is 3.18. The standard InChI is InChI=1S/C27H28Cl2N4O/c1-2-6-25(32-15-13-31(14-16-32)24-10-5-8-21(28)26(24)29)33-22-9-4-3-7-19(22)20-17-18(27(30)34)11-12-23(20)33/h3-5,7-12,17,25H,2,6,13-16H2,1H3,(H2,30,34). The lowest BCUT2D eigenvalue weighted by Crippen LogP contribution is -2.49. The van der Waals surface area contributed by atoms with Gasteiger partial charge in [-0.2, -0.15) is 0 Å². The molecule has 1 saturated heterocycles. The van der Waals surface area contributed by atoms with Crippen LogP contribution in [0, 0.1) is 0 Å². The number of amides is 1. The fraction of sp³-hybridized carbons (Fsp3) is 0.296. The number of piperazine rings is 1. The lowest BCUT2D eigenvalue weighted by molar-refractivity contribution is 0.100. The first-order chi connectivity index (χ1) is 16.5. The normalized spacial score (nSPS) is 15.8. The number of para-hydroxylation sites is 1. The van der Waals surface area contributed by atoms with Gasteiger partial charge in [-0.3, -0.25) is 9.69 Å². The van der Waals surface area contributed by atoms with Crippen molar-refractivity contribution >= 4 is 56.6 Å². The molecular weight excluding hydrogens is 467 g/mol. The van der Waals surface area contributed by atoms with E-state index in [9.17, 15) is 4.79 Å². The number of nitrogens with zero attached hydrogens (tertiary/aromatic N) is 3. The Kier molecular flexibility index (Phi) is 6.43. The van der Waals surface area contributed by atoms with Gasteiger partial charge in [0.1, 0.15) is 0 Å². The fourth-order valence-corrected chi connectivity index (χ4v) is 5.62. The molecule has 1 fully saturated rings. The Labute approximate surface area is 209 Å². The van der Waals surface area contributed by atoms with E-state index in [1.807, 2.05) is 42.5 Å². The molecule has 0 aliphatic carbocycles. The zero-order chi connectivity index (χ0) is 23.8. The topological polar surface area (TPSA) is 54.5 Å². The summed E-state index contributed by atoms with van der Waals surface area (Å²) in [6, 6.07) is 20.0. The van der Waals surface area contributed by atoms with Crippen molar-refractivity contribution in [1.29, 1.82) is 0 Å². The highest BCUT2D eigenvalue weighted by atomic mass is 35.5. The average molecular weight is 495 g/mol. The van der Waals surface area contributed by atoms with Gasteiger partial charge in [0.15, 0.2) is 0 Å². The first kappa shape index (κ1) is 23.0. The molecule has 0 spiro atoms. The molecule has 4 aromatic rings. The maximum atomic E-state index is 11.8. The summed E-state index contributed by atoms with van der Waals surface area (Å²) in [6.07, 6.45) is 2.31. The van der Waals surface area contributed by atoms with Crippen LogP contribution < -0.4 is 10.6 Å². The Balaban J connectivity index is 1.52. The van der Waals surface area contributed by atoms with Crippen molar-refractivity contribution < 1.29 is 4.79 Å². The van der Waals surface area contributed by atoms with E-state index in [2.05, 4.69) is 39.5 Å². The van der Waals surface area contributed by atoms with Crippen LogP contribution in [0.4, 0.5) is 5.69 Å². The zero-order valence-corrected chi connectivity index (χ0v) is 20.7. The second-order valence-corrected chi connectivity index (χ2v) is 9.63. The number of carbonyl (C=O) groups is 1. The molecule has 5 nitrogen and oxygen atoms in total. The molecule has 5 rings (SSSR count). The minimum atomic E-state index is -0.403. The molecule has 2 heterocycles. The Hall–Kier alpha value is -2.73. The summed E-state index contributed by atoms with van der Waals surface area (Å²) in [6.45, 7) is 5.82. The van der Waals surface area contributed by atoms with Gasteiger partial charge in [-0.25, -0.2) is 0 Å². The van der Waals surface area contributed by atoms with Gasteiger partial charge < -0.3 is 15.2 Å². The van der Waals surface area contributed by atoms with Crippen molar-refractivity contribution in [3.8, 4) is 0 Å². The van der Waals surface area contributed by atoms with Crippen LogP contribution in [0.2, 0.25) is 10.0 Å². The van der Waals surface area contributed by atoms with E-state index in [-0.39, 0.29) is 6.17 Å². The summed E-state index contributed by atoms with van der Waals surface area (Å²) in [5.41, 5.74) is 9.43. The third-order valence-corrected chi connectivity index (χ3v) is 7.66. The molecule has 176 valence electrons. The van der Waals surface area contributed by atoms with Crippen LogP contribution in [0.1, 0.15) is 36.3 Å². The van der Waals surface area contributed by atoms with E-state index in [4.69, 9.17) is 28.9 Å². The van der Waals surface area contributed by atoms with Gasteiger partial charge in [-0.15, -0.1) is 0 Å². The van der Waals surface area contributed by atoms with Crippen LogP contribution in [0.15, 0.2) is 60.7 Å². The minimum absolute atomic E-state index is 0.212. The van der Waals surface area contributed by atoms with E-state index >= 15 is 0 Å². The lowest BCUT2D eigenvalue weighted by Gasteiger charge is -2.41. The number of halogens is 2. The molecule has 34 heavy (non-hydrogen) atoms. The van der Waals surface area contributed by atoms with Crippen molar-refractivity contribution in [1.82, 2.24) is 9.47 Å². The molecule has 1 unspecified atom stereocenters. The molecule has 1 aliphatic rings. The summed E-state index contributed by atoms with van der Waals surface area (Å²) >= 11 is 12.8. The van der Waals surface area contributed by atoms with Gasteiger partial charge in [-0.05, 0) is 42.8 Å². The maximum absolute atomic E-state index is 11.8. The van der Waals surface area contributed by atoms with Crippen molar-refractivity contribution in [3.05, 3.63) is 76.3 Å². The summed E-state index contributed by atoms with van der Waals surface area (Å²) in [4.78, 5) is 16.7. The van der Waals surface area contributed by atoms with Crippen LogP contribution in [-0.2, 0) is 0 Å². The largest absolute Gasteiger partial charge is 0.368 e. The molecule has 7 heteroatoms. The maximum Gasteiger partial charge on any atom is 0.248 e. The Morgan fingerprint density at radius 1 is 0.941 bits per heavy atom. The Morgan fingerprint density at radius 2 is 1.68 bits per heavy atom. The SMILES string of the molecule is CCCC(N1CCN(c2cccc(Cl)c2Cl)CC1)n1c2ccccc2c2cc(C(N)=O)ccc21. The van der Waals surface area contributed by atoms with Crippen molar-refractivity contribution in [3.63, 3.8) is 0 Å². The van der Waals surface area contributed by atoms with Crippen LogP contribution >= 0.6 is 23.2 Å². The van der Waals surface area contributed by atoms with E-state index in [1.54, 1.807) is 0 Å². The number of hydrogen-bond acceptors (Lipinski definition) is 3. The highest BCUT2D eigenvalue weighted by Crippen LogP contribution is 2.37. The molecule has 2 N–H and O–H groups in total. The molecule has 0 saturated carbocycles. The summed E-state index contributed by atoms with van der Waals surface area (Å²) < 4.78 is 2.45. The summed E-state index contributed by atoms with van der Waals surface area (Å²) in [5.74, 6) is -0.403. The molecule has 0 bridgehead atoms. The summed E-state index contributed by atoms with van der Waals surface area (Å²) in [7, 11) is 0. The van der Waals surface area contributed by atoms with Crippen LogP contribution in [0.5, 0.6) is 0 Å². The molecule has 1 amide bonds. The second kappa shape index (κ2) is 9.49. The van der Waals surface area contributed by atoms with E-state index < -0.39 is 5.91 Å². The zero-order valence-electron chi connectivity index (χ0n) is 19.2. The molecule has 1 aliphatic heterocycles. The monoisotopic (exact) mass is 494 g/mol. The smallest absolute Gasteiger partial charge is 0.248 e. The fourth-order valence-electron chi connectivity index (χ4n) is 5.21. The summed E-state index contributed by atoms with van der Waals surface area (Å²) in [5, 5.41) is 3.42. The number of nitrogens with two attached hydrogens (primary N) is 1. The second-order valence-electron chi connectivity index (χ2n) is 8.85. The number of fused-ring (bicyclic) bond motifs is 3. The number of benzene rings is 3. The van der Waals surface area contributed by atoms with Crippen LogP contribution in [-0.4, -0.2) is 41.6 Å². The van der Waals surface area contributed by atoms with Gasteiger partial charge >= 0.3 is 0 Å². The first-order valence-corrected chi connectivity index (χ1v) is 12.5. The highest BCUT2D eigenvalue weighted by molar-refractivity contribution is 6.43. The van der Waals surface area contributed by atoms with Crippen molar-refractivity contribution in [2.45, 2.75) is 25.9 Å². The van der Waals surface area contributed by atoms with Gasteiger partial charge in [0.2, 0.25) is 5.91 Å². The number of anilines is 1. The minimum Gasteiger partial charge on any atom is -0.368 e. The first-order valence-electron chi connectivity index (χ1n) is 11.7. The molecule has 0 radical (unpaired) electrons. The van der Waals surface area contributed by atoms with Gasteiger partial charge in [-0.1, -0.05) is 60.8 Å². The van der Waals surface area contributed by atoms with Gasteiger partial charge in [0.25, 0.3) is 0 Å². The van der Waals surface area contributed by atoms with Crippen molar-refractivity contribution in [2.75, 3.05) is 31.1 Å². The number of primary amides is 1.